The topological polar surface area (TPSA) is 60.7 Å². The molecule has 140 valence electrons. The van der Waals surface area contributed by atoms with Gasteiger partial charge in [0.1, 0.15) is 17.9 Å². The molecule has 0 saturated carbocycles. The van der Waals surface area contributed by atoms with E-state index in [1.807, 2.05) is 6.07 Å². The van der Waals surface area contributed by atoms with Crippen LogP contribution in [0.5, 0.6) is 0 Å². The van der Waals surface area contributed by atoms with E-state index in [0.29, 0.717) is 35.3 Å². The van der Waals surface area contributed by atoms with Crippen molar-refractivity contribution in [3.05, 3.63) is 41.7 Å². The summed E-state index contributed by atoms with van der Waals surface area (Å²) in [5, 5.41) is 4.14. The van der Waals surface area contributed by atoms with E-state index in [0.717, 1.165) is 4.68 Å². The fourth-order valence-corrected chi connectivity index (χ4v) is 3.42. The molecule has 0 N–H and O–H groups in total. The number of ketones is 1. The molecule has 0 aliphatic heterocycles. The molecule has 0 fully saturated rings. The van der Waals surface area contributed by atoms with Crippen molar-refractivity contribution >= 4 is 16.8 Å². The Hall–Kier alpha value is -2.77. The predicted molar refractivity (Wildman–Crippen MR) is 93.2 cm³/mol. The highest BCUT2D eigenvalue weighted by Crippen LogP contribution is 2.39. The van der Waals surface area contributed by atoms with Gasteiger partial charge in [-0.25, -0.2) is 4.98 Å². The van der Waals surface area contributed by atoms with Crippen LogP contribution < -0.4 is 0 Å². The fraction of sp³-hybridized carbons (Fsp3) is 0.368. The quantitative estimate of drug-likeness (QED) is 0.674. The van der Waals surface area contributed by atoms with Crippen molar-refractivity contribution in [2.75, 3.05) is 0 Å². The summed E-state index contributed by atoms with van der Waals surface area (Å²) in [4.78, 5) is 21.8. The van der Waals surface area contributed by atoms with Gasteiger partial charge in [-0.3, -0.25) is 14.5 Å². The second kappa shape index (κ2) is 5.87. The van der Waals surface area contributed by atoms with Crippen molar-refractivity contribution in [1.82, 2.24) is 19.7 Å². The average Bonchev–Trinajstić information content (AvgIpc) is 2.95. The van der Waals surface area contributed by atoms with Gasteiger partial charge < -0.3 is 0 Å². The van der Waals surface area contributed by atoms with Crippen LogP contribution in [-0.2, 0) is 13.0 Å². The number of halogens is 3. The maximum atomic E-state index is 13.0. The molecule has 0 saturated heterocycles. The van der Waals surface area contributed by atoms with Crippen LogP contribution in [0.1, 0.15) is 36.3 Å². The minimum atomic E-state index is -4.43. The van der Waals surface area contributed by atoms with E-state index in [-0.39, 0.29) is 17.0 Å². The molecule has 0 bridgehead atoms. The molecular formula is C19H17F3N4O. The monoisotopic (exact) mass is 374 g/mol. The van der Waals surface area contributed by atoms with Crippen LogP contribution in [0, 0.1) is 5.41 Å². The molecule has 0 atom stereocenters. The number of Topliss-reactive ketones (excluding diaryl/α,β-unsaturated/α-hetero) is 1. The van der Waals surface area contributed by atoms with Gasteiger partial charge in [-0.15, -0.1) is 0 Å². The Labute approximate surface area is 153 Å². The first kappa shape index (κ1) is 17.6. The van der Waals surface area contributed by atoms with Crippen LogP contribution in [0.15, 0.2) is 30.5 Å². The molecule has 3 aromatic rings. The summed E-state index contributed by atoms with van der Waals surface area (Å²) >= 11 is 0. The molecule has 5 nitrogen and oxygen atoms in total. The Kier molecular flexibility index (Phi) is 3.83. The summed E-state index contributed by atoms with van der Waals surface area (Å²) in [6.07, 6.45) is -2.14. The SMILES string of the molecule is CC1(C)CCc2c(c(-c3cnc4ccccc4n3)nn2CC(F)(F)F)C1=O. The van der Waals surface area contributed by atoms with Crippen molar-refractivity contribution in [3.63, 3.8) is 0 Å². The van der Waals surface area contributed by atoms with E-state index in [1.54, 1.807) is 32.0 Å². The number of para-hydroxylation sites is 2. The number of aromatic nitrogens is 4. The van der Waals surface area contributed by atoms with Crippen molar-refractivity contribution in [1.29, 1.82) is 0 Å². The molecule has 8 heteroatoms. The van der Waals surface area contributed by atoms with Gasteiger partial charge in [-0.2, -0.15) is 18.3 Å². The number of alkyl halides is 3. The van der Waals surface area contributed by atoms with E-state index >= 15 is 0 Å². The highest BCUT2D eigenvalue weighted by molar-refractivity contribution is 6.06. The van der Waals surface area contributed by atoms with E-state index < -0.39 is 18.1 Å². The first-order valence-corrected chi connectivity index (χ1v) is 8.59. The Morgan fingerprint density at radius 3 is 2.59 bits per heavy atom. The number of hydrogen-bond donors (Lipinski definition) is 0. The highest BCUT2D eigenvalue weighted by atomic mass is 19.4. The Morgan fingerprint density at radius 1 is 1.19 bits per heavy atom. The van der Waals surface area contributed by atoms with E-state index in [2.05, 4.69) is 15.1 Å². The zero-order valence-corrected chi connectivity index (χ0v) is 14.8. The summed E-state index contributed by atoms with van der Waals surface area (Å²) < 4.78 is 39.9. The summed E-state index contributed by atoms with van der Waals surface area (Å²) in [6, 6.07) is 7.17. The molecule has 4 rings (SSSR count). The molecule has 2 aromatic heterocycles. The Bertz CT molecular complexity index is 1050. The Morgan fingerprint density at radius 2 is 1.89 bits per heavy atom. The van der Waals surface area contributed by atoms with Gasteiger partial charge in [-0.05, 0) is 25.0 Å². The molecule has 2 heterocycles. The standard InChI is InChI=1S/C19H17F3N4O/c1-18(2)8-7-14-15(17(18)27)16(25-26(14)10-19(20,21)22)13-9-23-11-5-3-4-6-12(11)24-13/h3-6,9H,7-8,10H2,1-2H3. The van der Waals surface area contributed by atoms with Gasteiger partial charge in [0.2, 0.25) is 0 Å². The molecule has 0 unspecified atom stereocenters. The van der Waals surface area contributed by atoms with Crippen LogP contribution in [0.25, 0.3) is 22.4 Å². The second-order valence-corrected chi connectivity index (χ2v) is 7.40. The maximum absolute atomic E-state index is 13.0. The second-order valence-electron chi connectivity index (χ2n) is 7.40. The number of rotatable bonds is 2. The third-order valence-corrected chi connectivity index (χ3v) is 4.91. The van der Waals surface area contributed by atoms with Crippen LogP contribution in [-0.4, -0.2) is 31.7 Å². The van der Waals surface area contributed by atoms with Gasteiger partial charge in [0.05, 0.1) is 28.5 Å². The van der Waals surface area contributed by atoms with Crippen LogP contribution in [0.4, 0.5) is 13.2 Å². The first-order valence-electron chi connectivity index (χ1n) is 8.59. The molecule has 1 aliphatic carbocycles. The third-order valence-electron chi connectivity index (χ3n) is 4.91. The molecular weight excluding hydrogens is 357 g/mol. The van der Waals surface area contributed by atoms with Gasteiger partial charge >= 0.3 is 6.18 Å². The van der Waals surface area contributed by atoms with Crippen molar-refractivity contribution in [2.24, 2.45) is 5.41 Å². The first-order chi connectivity index (χ1) is 12.7. The maximum Gasteiger partial charge on any atom is 0.408 e. The number of carbonyl (C=O) groups is 1. The predicted octanol–water partition coefficient (Wildman–Crippen LogP) is 4.21. The summed E-state index contributed by atoms with van der Waals surface area (Å²) in [5.41, 5.74) is 1.63. The summed E-state index contributed by atoms with van der Waals surface area (Å²) in [7, 11) is 0. The minimum absolute atomic E-state index is 0.172. The molecule has 0 amide bonds. The van der Waals surface area contributed by atoms with E-state index in [1.165, 1.54) is 6.20 Å². The van der Waals surface area contributed by atoms with Crippen LogP contribution in [0.3, 0.4) is 0 Å². The summed E-state index contributed by atoms with van der Waals surface area (Å²) in [5.74, 6) is -0.206. The largest absolute Gasteiger partial charge is 0.408 e. The fourth-order valence-electron chi connectivity index (χ4n) is 3.42. The molecule has 0 radical (unpaired) electrons. The lowest BCUT2D eigenvalue weighted by Gasteiger charge is -2.28. The van der Waals surface area contributed by atoms with Gasteiger partial charge in [0.25, 0.3) is 0 Å². The number of fused-ring (bicyclic) bond motifs is 2. The van der Waals surface area contributed by atoms with Crippen LogP contribution >= 0.6 is 0 Å². The molecule has 0 spiro atoms. The number of hydrogen-bond acceptors (Lipinski definition) is 4. The van der Waals surface area contributed by atoms with Crippen LogP contribution in [0.2, 0.25) is 0 Å². The highest BCUT2D eigenvalue weighted by Gasteiger charge is 2.41. The van der Waals surface area contributed by atoms with Gasteiger partial charge in [0, 0.05) is 5.41 Å². The van der Waals surface area contributed by atoms with E-state index in [4.69, 9.17) is 0 Å². The van der Waals surface area contributed by atoms with Crippen molar-refractivity contribution in [2.45, 2.75) is 39.4 Å². The lowest BCUT2D eigenvalue weighted by molar-refractivity contribution is -0.143. The normalized spacial score (nSPS) is 16.6. The van der Waals surface area contributed by atoms with Gasteiger partial charge in [-0.1, -0.05) is 26.0 Å². The van der Waals surface area contributed by atoms with Crippen molar-refractivity contribution in [3.8, 4) is 11.4 Å². The average molecular weight is 374 g/mol. The number of nitrogens with zero attached hydrogens (tertiary/aromatic N) is 4. The Balaban J connectivity index is 1.92. The molecule has 1 aromatic carbocycles. The zero-order chi connectivity index (χ0) is 19.4. The van der Waals surface area contributed by atoms with Crippen molar-refractivity contribution < 1.29 is 18.0 Å². The lowest BCUT2D eigenvalue weighted by Crippen LogP contribution is -2.32. The third kappa shape index (κ3) is 3.09. The van der Waals surface area contributed by atoms with E-state index in [9.17, 15) is 18.0 Å². The number of benzene rings is 1. The summed E-state index contributed by atoms with van der Waals surface area (Å²) in [6.45, 7) is 2.37. The molecule has 1 aliphatic rings. The number of carbonyl (C=O) groups excluding carboxylic acids is 1. The zero-order valence-electron chi connectivity index (χ0n) is 14.8. The van der Waals surface area contributed by atoms with Gasteiger partial charge in [0.15, 0.2) is 5.78 Å². The molecule has 27 heavy (non-hydrogen) atoms. The smallest absolute Gasteiger partial charge is 0.293 e. The minimum Gasteiger partial charge on any atom is -0.293 e. The lowest BCUT2D eigenvalue weighted by atomic mass is 9.74.